The van der Waals surface area contributed by atoms with E-state index in [1.165, 1.54) is 67.5 Å². The van der Waals surface area contributed by atoms with Crippen molar-refractivity contribution in [2.75, 3.05) is 0 Å². The number of benzene rings is 1. The Morgan fingerprint density at radius 2 is 1.61 bits per heavy atom. The van der Waals surface area contributed by atoms with Crippen molar-refractivity contribution in [1.82, 2.24) is 10.2 Å². The fourth-order valence-electron chi connectivity index (χ4n) is 4.04. The Kier molecular flexibility index (Phi) is 3.06. The normalized spacial score (nSPS) is 22.7. The van der Waals surface area contributed by atoms with Gasteiger partial charge in [-0.1, -0.05) is 30.2 Å². The van der Waals surface area contributed by atoms with Gasteiger partial charge >= 0.3 is 0 Å². The van der Waals surface area contributed by atoms with E-state index >= 15 is 0 Å². The predicted molar refractivity (Wildman–Crippen MR) is 92.1 cm³/mol. The Balaban J connectivity index is 1.59. The van der Waals surface area contributed by atoms with Crippen molar-refractivity contribution in [2.45, 2.75) is 62.2 Å². The highest BCUT2D eigenvalue weighted by Gasteiger charge is 2.43. The summed E-state index contributed by atoms with van der Waals surface area (Å²) in [6.45, 7) is 0. The molecule has 0 amide bonds. The van der Waals surface area contributed by atoms with E-state index in [1.807, 2.05) is 12.1 Å². The SMILES string of the molecule is Clc1ccc(C2(c3cc(C4CC4)c(C4CC4)nn3)CCC2)cc1. The quantitative estimate of drug-likeness (QED) is 0.757. The lowest BCUT2D eigenvalue weighted by atomic mass is 9.62. The molecule has 1 aromatic heterocycles. The van der Waals surface area contributed by atoms with Crippen molar-refractivity contribution in [1.29, 1.82) is 0 Å². The van der Waals surface area contributed by atoms with Gasteiger partial charge in [-0.2, -0.15) is 10.2 Å². The molecule has 0 unspecified atom stereocenters. The Morgan fingerprint density at radius 1 is 0.913 bits per heavy atom. The molecule has 118 valence electrons. The van der Waals surface area contributed by atoms with Crippen LogP contribution in [0, 0.1) is 0 Å². The molecule has 0 atom stereocenters. The van der Waals surface area contributed by atoms with E-state index in [-0.39, 0.29) is 5.41 Å². The molecule has 0 aliphatic heterocycles. The van der Waals surface area contributed by atoms with Crippen molar-refractivity contribution >= 4 is 11.6 Å². The number of nitrogens with zero attached hydrogens (tertiary/aromatic N) is 2. The maximum absolute atomic E-state index is 6.08. The summed E-state index contributed by atoms with van der Waals surface area (Å²) in [5.41, 5.74) is 5.43. The molecule has 3 aliphatic rings. The maximum atomic E-state index is 6.08. The molecule has 0 radical (unpaired) electrons. The van der Waals surface area contributed by atoms with Crippen molar-refractivity contribution in [3.05, 3.63) is 57.9 Å². The highest BCUT2D eigenvalue weighted by atomic mass is 35.5. The number of hydrogen-bond acceptors (Lipinski definition) is 2. The fourth-order valence-corrected chi connectivity index (χ4v) is 4.16. The maximum Gasteiger partial charge on any atom is 0.0739 e. The molecule has 2 nitrogen and oxygen atoms in total. The molecular weight excluding hydrogens is 304 g/mol. The summed E-state index contributed by atoms with van der Waals surface area (Å²) in [4.78, 5) is 0. The minimum atomic E-state index is 0.0727. The van der Waals surface area contributed by atoms with E-state index in [0.717, 1.165) is 10.9 Å². The van der Waals surface area contributed by atoms with Crippen molar-refractivity contribution in [3.63, 3.8) is 0 Å². The lowest BCUT2D eigenvalue weighted by Crippen LogP contribution is -2.36. The van der Waals surface area contributed by atoms with Gasteiger partial charge in [0.15, 0.2) is 0 Å². The summed E-state index contributed by atoms with van der Waals surface area (Å²) in [7, 11) is 0. The van der Waals surface area contributed by atoms with Gasteiger partial charge in [-0.3, -0.25) is 0 Å². The molecule has 23 heavy (non-hydrogen) atoms. The van der Waals surface area contributed by atoms with E-state index in [4.69, 9.17) is 21.8 Å². The van der Waals surface area contributed by atoms with Crippen LogP contribution in [-0.4, -0.2) is 10.2 Å². The first-order valence-electron chi connectivity index (χ1n) is 8.90. The zero-order chi connectivity index (χ0) is 15.4. The van der Waals surface area contributed by atoms with Crippen LogP contribution in [-0.2, 0) is 5.41 Å². The topological polar surface area (TPSA) is 25.8 Å². The lowest BCUT2D eigenvalue weighted by Gasteiger charge is -2.42. The smallest absolute Gasteiger partial charge is 0.0739 e. The van der Waals surface area contributed by atoms with Crippen LogP contribution < -0.4 is 0 Å². The molecule has 0 spiro atoms. The second-order valence-electron chi connectivity index (χ2n) is 7.56. The fraction of sp³-hybridized carbons (Fsp3) is 0.500. The van der Waals surface area contributed by atoms with Gasteiger partial charge in [0.2, 0.25) is 0 Å². The van der Waals surface area contributed by atoms with Crippen molar-refractivity contribution < 1.29 is 0 Å². The van der Waals surface area contributed by atoms with Crippen LogP contribution in [0.2, 0.25) is 5.02 Å². The molecule has 0 bridgehead atoms. The van der Waals surface area contributed by atoms with E-state index in [0.29, 0.717) is 5.92 Å². The summed E-state index contributed by atoms with van der Waals surface area (Å²) < 4.78 is 0. The summed E-state index contributed by atoms with van der Waals surface area (Å²) in [6.07, 6.45) is 8.89. The molecule has 2 aromatic rings. The van der Waals surface area contributed by atoms with Gasteiger partial charge in [-0.15, -0.1) is 0 Å². The van der Waals surface area contributed by atoms with Gasteiger partial charge in [0.05, 0.1) is 11.4 Å². The van der Waals surface area contributed by atoms with Crippen LogP contribution in [0.1, 0.15) is 79.3 Å². The highest BCUT2D eigenvalue weighted by molar-refractivity contribution is 6.30. The molecule has 3 saturated carbocycles. The van der Waals surface area contributed by atoms with E-state index in [1.54, 1.807) is 0 Å². The van der Waals surface area contributed by atoms with Gasteiger partial charge in [-0.05, 0) is 73.8 Å². The minimum Gasteiger partial charge on any atom is -0.155 e. The molecule has 3 heteroatoms. The summed E-state index contributed by atoms with van der Waals surface area (Å²) in [6, 6.07) is 10.8. The molecular formula is C20H21ClN2. The third-order valence-corrected chi connectivity index (χ3v) is 6.18. The summed E-state index contributed by atoms with van der Waals surface area (Å²) >= 11 is 6.08. The third-order valence-electron chi connectivity index (χ3n) is 5.93. The predicted octanol–water partition coefficient (Wildman–Crippen LogP) is 5.35. The Hall–Kier alpha value is -1.41. The number of aromatic nitrogens is 2. The highest BCUT2D eigenvalue weighted by Crippen LogP contribution is 2.52. The standard InChI is InChI=1S/C20H21ClN2/c21-16-8-6-15(7-9-16)20(10-1-11-20)18-12-17(13-2-3-13)19(23-22-18)14-4-5-14/h6-9,12-14H,1-5,10-11H2. The summed E-state index contributed by atoms with van der Waals surface area (Å²) in [5, 5.41) is 10.2. The van der Waals surface area contributed by atoms with Gasteiger partial charge in [0.25, 0.3) is 0 Å². The second-order valence-corrected chi connectivity index (χ2v) is 8.00. The van der Waals surface area contributed by atoms with Gasteiger partial charge in [-0.25, -0.2) is 0 Å². The van der Waals surface area contributed by atoms with E-state index < -0.39 is 0 Å². The Labute approximate surface area is 142 Å². The molecule has 1 heterocycles. The van der Waals surface area contributed by atoms with Crippen LogP contribution in [0.5, 0.6) is 0 Å². The van der Waals surface area contributed by atoms with Gasteiger partial charge in [0.1, 0.15) is 0 Å². The molecule has 3 fully saturated rings. The number of hydrogen-bond donors (Lipinski definition) is 0. The Morgan fingerprint density at radius 3 is 2.17 bits per heavy atom. The molecule has 1 aromatic carbocycles. The zero-order valence-electron chi connectivity index (χ0n) is 13.3. The first-order chi connectivity index (χ1) is 11.3. The number of rotatable bonds is 4. The number of halogens is 1. The van der Waals surface area contributed by atoms with Crippen molar-refractivity contribution in [2.24, 2.45) is 0 Å². The molecule has 5 rings (SSSR count). The van der Waals surface area contributed by atoms with E-state index in [9.17, 15) is 0 Å². The average Bonchev–Trinajstić information content (AvgIpc) is 3.39. The first kappa shape index (κ1) is 14.0. The third kappa shape index (κ3) is 2.30. The van der Waals surface area contributed by atoms with Gasteiger partial charge in [0, 0.05) is 16.4 Å². The second kappa shape index (κ2) is 5.04. The first-order valence-corrected chi connectivity index (χ1v) is 9.28. The monoisotopic (exact) mass is 324 g/mol. The molecule has 0 saturated heterocycles. The lowest BCUT2D eigenvalue weighted by molar-refractivity contribution is 0.290. The average molecular weight is 325 g/mol. The molecule has 3 aliphatic carbocycles. The largest absolute Gasteiger partial charge is 0.155 e. The van der Waals surface area contributed by atoms with Gasteiger partial charge < -0.3 is 0 Å². The molecule has 0 N–H and O–H groups in total. The van der Waals surface area contributed by atoms with Crippen molar-refractivity contribution in [3.8, 4) is 0 Å². The van der Waals surface area contributed by atoms with Crippen LogP contribution in [0.15, 0.2) is 30.3 Å². The Bertz CT molecular complexity index is 741. The van der Waals surface area contributed by atoms with Crippen LogP contribution in [0.25, 0.3) is 0 Å². The van der Waals surface area contributed by atoms with Crippen LogP contribution in [0.3, 0.4) is 0 Å². The van der Waals surface area contributed by atoms with E-state index in [2.05, 4.69) is 18.2 Å². The minimum absolute atomic E-state index is 0.0727. The van der Waals surface area contributed by atoms with Crippen LogP contribution >= 0.6 is 11.6 Å². The zero-order valence-corrected chi connectivity index (χ0v) is 14.0. The van der Waals surface area contributed by atoms with Crippen LogP contribution in [0.4, 0.5) is 0 Å². The summed E-state index contributed by atoms with van der Waals surface area (Å²) in [5.74, 6) is 1.45.